The van der Waals surface area contributed by atoms with E-state index in [4.69, 9.17) is 4.74 Å². The average Bonchev–Trinajstić information content (AvgIpc) is 2.91. The molecule has 3 rings (SSSR count). The van der Waals surface area contributed by atoms with Crippen molar-refractivity contribution in [2.45, 2.75) is 0 Å². The predicted octanol–water partition coefficient (Wildman–Crippen LogP) is 4.93. The summed E-state index contributed by atoms with van der Waals surface area (Å²) < 4.78 is 6.40. The molecule has 4 nitrogen and oxygen atoms in total. The van der Waals surface area contributed by atoms with E-state index in [1.165, 1.54) is 6.08 Å². The van der Waals surface area contributed by atoms with E-state index in [2.05, 4.69) is 36.9 Å². The molecule has 0 aromatic heterocycles. The van der Waals surface area contributed by atoms with Crippen LogP contribution in [0.1, 0.15) is 11.1 Å². The van der Waals surface area contributed by atoms with Crippen molar-refractivity contribution in [3.63, 3.8) is 0 Å². The molecule has 0 aliphatic carbocycles. The number of hydrogen-bond acceptors (Lipinski definition) is 4. The number of nitrogens with zero attached hydrogens (tertiary/aromatic N) is 1. The zero-order chi connectivity index (χ0) is 17.1. The third kappa shape index (κ3) is 3.83. The average molecular weight is 449 g/mol. The van der Waals surface area contributed by atoms with E-state index in [-0.39, 0.29) is 17.3 Å². The third-order valence-electron chi connectivity index (χ3n) is 3.20. The van der Waals surface area contributed by atoms with E-state index in [0.717, 1.165) is 10.0 Å². The molecule has 2 aromatic carbocycles. The number of aliphatic imine (C=N–C) groups is 1. The largest absolute Gasteiger partial charge is 0.506 e. The molecule has 1 heterocycles. The molecular formula is C18H11Br2NO3. The maximum Gasteiger partial charge on any atom is 0.363 e. The van der Waals surface area contributed by atoms with Gasteiger partial charge in [0, 0.05) is 16.1 Å². The maximum atomic E-state index is 11.9. The molecule has 0 fully saturated rings. The number of ether oxygens (including phenoxy) is 1. The maximum absolute atomic E-state index is 11.9. The van der Waals surface area contributed by atoms with Gasteiger partial charge in [0.25, 0.3) is 0 Å². The standard InChI is InChI=1S/C18H11Br2NO3/c19-13-8-12(17(22)14(20)10-13)9-15-18(23)24-16(21-15)7-6-11-4-2-1-3-5-11/h1-10,22H/b7-6+,15-9+. The summed E-state index contributed by atoms with van der Waals surface area (Å²) in [5, 5.41) is 10.1. The van der Waals surface area contributed by atoms with Crippen LogP contribution in [0.2, 0.25) is 0 Å². The summed E-state index contributed by atoms with van der Waals surface area (Å²) in [6, 6.07) is 13.0. The van der Waals surface area contributed by atoms with E-state index >= 15 is 0 Å². The van der Waals surface area contributed by atoms with Crippen molar-refractivity contribution in [3.8, 4) is 5.75 Å². The second-order valence-electron chi connectivity index (χ2n) is 4.94. The summed E-state index contributed by atoms with van der Waals surface area (Å²) in [6.07, 6.45) is 4.92. The summed E-state index contributed by atoms with van der Waals surface area (Å²) >= 11 is 6.59. The number of rotatable bonds is 3. The first kappa shape index (κ1) is 16.7. The van der Waals surface area contributed by atoms with Crippen molar-refractivity contribution in [1.29, 1.82) is 0 Å². The zero-order valence-electron chi connectivity index (χ0n) is 12.2. The normalized spacial score (nSPS) is 15.8. The lowest BCUT2D eigenvalue weighted by molar-refractivity contribution is -0.129. The fourth-order valence-corrected chi connectivity index (χ4v) is 3.33. The van der Waals surface area contributed by atoms with Gasteiger partial charge in [-0.25, -0.2) is 9.79 Å². The summed E-state index contributed by atoms with van der Waals surface area (Å²) in [5.41, 5.74) is 1.56. The lowest BCUT2D eigenvalue weighted by Crippen LogP contribution is -2.01. The van der Waals surface area contributed by atoms with Crippen molar-refractivity contribution < 1.29 is 14.6 Å². The highest BCUT2D eigenvalue weighted by atomic mass is 79.9. The summed E-state index contributed by atoms with van der Waals surface area (Å²) in [6.45, 7) is 0. The Kier molecular flexibility index (Phi) is 4.97. The molecule has 6 heteroatoms. The second-order valence-corrected chi connectivity index (χ2v) is 6.71. The van der Waals surface area contributed by atoms with Crippen LogP contribution >= 0.6 is 31.9 Å². The van der Waals surface area contributed by atoms with Gasteiger partial charge in [-0.3, -0.25) is 0 Å². The Morgan fingerprint density at radius 1 is 1.08 bits per heavy atom. The number of benzene rings is 2. The van der Waals surface area contributed by atoms with Crippen LogP contribution in [0.25, 0.3) is 12.2 Å². The van der Waals surface area contributed by atoms with Gasteiger partial charge in [0.1, 0.15) is 5.75 Å². The van der Waals surface area contributed by atoms with Crippen LogP contribution in [0, 0.1) is 0 Å². The van der Waals surface area contributed by atoms with Gasteiger partial charge < -0.3 is 9.84 Å². The third-order valence-corrected chi connectivity index (χ3v) is 4.27. The summed E-state index contributed by atoms with van der Waals surface area (Å²) in [5.74, 6) is -0.316. The van der Waals surface area contributed by atoms with E-state index in [1.54, 1.807) is 18.2 Å². The number of aromatic hydroxyl groups is 1. The quantitative estimate of drug-likeness (QED) is 0.535. The molecule has 0 atom stereocenters. The van der Waals surface area contributed by atoms with Crippen molar-refractivity contribution in [2.24, 2.45) is 4.99 Å². The molecule has 1 N–H and O–H groups in total. The number of phenols is 1. The fraction of sp³-hybridized carbons (Fsp3) is 0. The highest BCUT2D eigenvalue weighted by molar-refractivity contribution is 9.11. The van der Waals surface area contributed by atoms with Crippen LogP contribution in [0.15, 0.2) is 68.2 Å². The molecule has 0 saturated heterocycles. The summed E-state index contributed by atoms with van der Waals surface area (Å²) in [4.78, 5) is 16.1. The predicted molar refractivity (Wildman–Crippen MR) is 100 cm³/mol. The lowest BCUT2D eigenvalue weighted by Gasteiger charge is -2.03. The molecule has 1 aliphatic rings. The monoisotopic (exact) mass is 447 g/mol. The number of carbonyl (C=O) groups is 1. The molecule has 2 aromatic rings. The Morgan fingerprint density at radius 3 is 2.58 bits per heavy atom. The number of carbonyl (C=O) groups excluding carboxylic acids is 1. The van der Waals surface area contributed by atoms with Gasteiger partial charge in [-0.15, -0.1) is 0 Å². The van der Waals surface area contributed by atoms with Gasteiger partial charge >= 0.3 is 5.97 Å². The molecule has 0 amide bonds. The lowest BCUT2D eigenvalue weighted by atomic mass is 10.1. The first-order chi connectivity index (χ1) is 11.5. The van der Waals surface area contributed by atoms with Crippen molar-refractivity contribution >= 4 is 55.9 Å². The van der Waals surface area contributed by atoms with E-state index in [9.17, 15) is 9.90 Å². The molecule has 0 spiro atoms. The number of esters is 1. The highest BCUT2D eigenvalue weighted by Crippen LogP contribution is 2.33. The molecular weight excluding hydrogens is 438 g/mol. The van der Waals surface area contributed by atoms with Crippen LogP contribution in [-0.2, 0) is 9.53 Å². The van der Waals surface area contributed by atoms with Crippen LogP contribution in [0.3, 0.4) is 0 Å². The van der Waals surface area contributed by atoms with Gasteiger partial charge in [-0.1, -0.05) is 46.3 Å². The highest BCUT2D eigenvalue weighted by Gasteiger charge is 2.22. The van der Waals surface area contributed by atoms with Crippen molar-refractivity contribution in [2.75, 3.05) is 0 Å². The van der Waals surface area contributed by atoms with Crippen LogP contribution < -0.4 is 0 Å². The summed E-state index contributed by atoms with van der Waals surface area (Å²) in [7, 11) is 0. The van der Waals surface area contributed by atoms with E-state index in [1.807, 2.05) is 36.4 Å². The minimum absolute atomic E-state index is 0.0296. The number of halogens is 2. The van der Waals surface area contributed by atoms with Crippen molar-refractivity contribution in [1.82, 2.24) is 0 Å². The van der Waals surface area contributed by atoms with Crippen molar-refractivity contribution in [3.05, 3.63) is 74.3 Å². The van der Waals surface area contributed by atoms with Crippen LogP contribution in [0.5, 0.6) is 5.75 Å². The molecule has 24 heavy (non-hydrogen) atoms. The molecule has 0 unspecified atom stereocenters. The topological polar surface area (TPSA) is 58.9 Å². The zero-order valence-corrected chi connectivity index (χ0v) is 15.4. The van der Waals surface area contributed by atoms with Gasteiger partial charge in [0.15, 0.2) is 5.70 Å². The Bertz CT molecular complexity index is 887. The number of hydrogen-bond donors (Lipinski definition) is 1. The van der Waals surface area contributed by atoms with Gasteiger partial charge in [-0.2, -0.15) is 0 Å². The minimum Gasteiger partial charge on any atom is -0.506 e. The van der Waals surface area contributed by atoms with Gasteiger partial charge in [0.2, 0.25) is 5.90 Å². The number of phenolic OH excluding ortho intramolecular Hbond substituents is 1. The Labute approximate surface area is 155 Å². The SMILES string of the molecule is O=C1OC(/C=C/c2ccccc2)=NC/1=C/c1cc(Br)cc(Br)c1O. The second kappa shape index (κ2) is 7.15. The Morgan fingerprint density at radius 2 is 1.83 bits per heavy atom. The molecule has 120 valence electrons. The molecule has 0 bridgehead atoms. The smallest absolute Gasteiger partial charge is 0.363 e. The fourth-order valence-electron chi connectivity index (χ4n) is 2.07. The van der Waals surface area contributed by atoms with Crippen LogP contribution in [0.4, 0.5) is 0 Å². The molecule has 0 saturated carbocycles. The minimum atomic E-state index is -0.557. The molecule has 1 aliphatic heterocycles. The number of cyclic esters (lactones) is 1. The first-order valence-electron chi connectivity index (χ1n) is 6.96. The molecule has 0 radical (unpaired) electrons. The van der Waals surface area contributed by atoms with Gasteiger partial charge in [-0.05, 0) is 45.8 Å². The van der Waals surface area contributed by atoms with E-state index in [0.29, 0.717) is 10.0 Å². The Balaban J connectivity index is 1.88. The van der Waals surface area contributed by atoms with Crippen LogP contribution in [-0.4, -0.2) is 17.0 Å². The van der Waals surface area contributed by atoms with Gasteiger partial charge in [0.05, 0.1) is 4.47 Å². The Hall–Kier alpha value is -2.18. The first-order valence-corrected chi connectivity index (χ1v) is 8.55. The van der Waals surface area contributed by atoms with E-state index < -0.39 is 5.97 Å².